The Morgan fingerprint density at radius 3 is 2.89 bits per heavy atom. The molecule has 1 aromatic rings. The van der Waals surface area contributed by atoms with Gasteiger partial charge in [0, 0.05) is 18.5 Å². The molecule has 2 heteroatoms. The lowest BCUT2D eigenvalue weighted by molar-refractivity contribution is 0.205. The molecule has 0 saturated carbocycles. The van der Waals surface area contributed by atoms with Gasteiger partial charge < -0.3 is 10.1 Å². The first-order valence-corrected chi connectivity index (χ1v) is 7.01. The minimum Gasteiger partial charge on any atom is -0.488 e. The first kappa shape index (κ1) is 13.4. The summed E-state index contributed by atoms with van der Waals surface area (Å²) in [7, 11) is 0. The summed E-state index contributed by atoms with van der Waals surface area (Å²) in [5.41, 5.74) is 2.88. The summed E-state index contributed by atoms with van der Waals surface area (Å²) in [4.78, 5) is 0. The van der Waals surface area contributed by atoms with Gasteiger partial charge in [-0.05, 0) is 38.8 Å². The van der Waals surface area contributed by atoms with Gasteiger partial charge in [-0.15, -0.1) is 0 Å². The number of nitrogens with one attached hydrogen (secondary N) is 1. The largest absolute Gasteiger partial charge is 0.488 e. The van der Waals surface area contributed by atoms with Gasteiger partial charge in [0.1, 0.15) is 11.9 Å². The number of aryl methyl sites for hydroxylation is 1. The molecule has 0 fully saturated rings. The van der Waals surface area contributed by atoms with E-state index in [1.165, 1.54) is 24.0 Å². The van der Waals surface area contributed by atoms with Gasteiger partial charge in [-0.25, -0.2) is 0 Å². The van der Waals surface area contributed by atoms with Crippen LogP contribution in [0.1, 0.15) is 44.7 Å². The van der Waals surface area contributed by atoms with E-state index in [1.807, 2.05) is 0 Å². The van der Waals surface area contributed by atoms with Gasteiger partial charge in [0.2, 0.25) is 0 Å². The summed E-state index contributed by atoms with van der Waals surface area (Å²) < 4.78 is 5.97. The molecule has 1 atom stereocenters. The maximum absolute atomic E-state index is 5.97. The molecular weight excluding hydrogens is 222 g/mol. The normalized spacial score (nSPS) is 18.6. The van der Waals surface area contributed by atoms with Crippen molar-refractivity contribution in [3.05, 3.63) is 29.3 Å². The number of rotatable bonds is 5. The fourth-order valence-corrected chi connectivity index (χ4v) is 2.67. The summed E-state index contributed by atoms with van der Waals surface area (Å²) in [6, 6.07) is 6.46. The Balaban J connectivity index is 1.88. The van der Waals surface area contributed by atoms with Gasteiger partial charge in [0.15, 0.2) is 0 Å². The Kier molecular flexibility index (Phi) is 3.96. The van der Waals surface area contributed by atoms with E-state index in [-0.39, 0.29) is 11.6 Å². The maximum atomic E-state index is 5.97. The van der Waals surface area contributed by atoms with Crippen molar-refractivity contribution in [2.75, 3.05) is 6.54 Å². The molecule has 0 radical (unpaired) electrons. The molecule has 1 N–H and O–H groups in total. The number of ether oxygens (including phenoxy) is 1. The lowest BCUT2D eigenvalue weighted by atomic mass is 9.98. The molecule has 2 rings (SSSR count). The topological polar surface area (TPSA) is 21.3 Å². The van der Waals surface area contributed by atoms with Crippen LogP contribution in [0.2, 0.25) is 0 Å². The van der Waals surface area contributed by atoms with Crippen LogP contribution in [0.15, 0.2) is 18.2 Å². The summed E-state index contributed by atoms with van der Waals surface area (Å²) in [5.74, 6) is 1.07. The third kappa shape index (κ3) is 3.26. The van der Waals surface area contributed by atoms with E-state index in [1.54, 1.807) is 0 Å². The predicted octanol–water partition coefficient (Wildman–Crippen LogP) is 3.47. The predicted molar refractivity (Wildman–Crippen MR) is 76.3 cm³/mol. The standard InChI is InChI=1S/C16H25NO/c1-5-8-16(3,4)17-11-14-10-13-9-12(2)6-7-15(13)18-14/h6-7,9,14,17H,5,8,10-11H2,1-4H3. The van der Waals surface area contributed by atoms with Crippen molar-refractivity contribution in [3.8, 4) is 5.75 Å². The van der Waals surface area contributed by atoms with Crippen molar-refractivity contribution in [1.29, 1.82) is 0 Å². The third-order valence-electron chi connectivity index (χ3n) is 3.64. The molecule has 100 valence electrons. The highest BCUT2D eigenvalue weighted by atomic mass is 16.5. The Morgan fingerprint density at radius 1 is 1.39 bits per heavy atom. The van der Waals surface area contributed by atoms with Crippen molar-refractivity contribution >= 4 is 0 Å². The first-order chi connectivity index (χ1) is 8.50. The van der Waals surface area contributed by atoms with E-state index in [0.717, 1.165) is 18.7 Å². The average molecular weight is 247 g/mol. The second-order valence-corrected chi connectivity index (χ2v) is 6.07. The molecule has 1 aromatic carbocycles. The zero-order chi connectivity index (χ0) is 13.2. The number of benzene rings is 1. The second-order valence-electron chi connectivity index (χ2n) is 6.07. The summed E-state index contributed by atoms with van der Waals surface area (Å²) in [5, 5.41) is 3.63. The quantitative estimate of drug-likeness (QED) is 0.860. The Bertz CT molecular complexity index is 412. The van der Waals surface area contributed by atoms with Crippen LogP contribution in [0.4, 0.5) is 0 Å². The van der Waals surface area contributed by atoms with Crippen molar-refractivity contribution in [2.45, 2.75) is 58.6 Å². The Labute approximate surface area is 111 Å². The number of fused-ring (bicyclic) bond motifs is 1. The molecule has 2 nitrogen and oxygen atoms in total. The molecule has 0 aromatic heterocycles. The van der Waals surface area contributed by atoms with Crippen LogP contribution in [0.5, 0.6) is 5.75 Å². The van der Waals surface area contributed by atoms with Crippen LogP contribution in [0.3, 0.4) is 0 Å². The molecule has 0 spiro atoms. The van der Waals surface area contributed by atoms with Crippen molar-refractivity contribution in [2.24, 2.45) is 0 Å². The number of hydrogen-bond donors (Lipinski definition) is 1. The van der Waals surface area contributed by atoms with Gasteiger partial charge in [-0.3, -0.25) is 0 Å². The fourth-order valence-electron chi connectivity index (χ4n) is 2.67. The molecular formula is C16H25NO. The maximum Gasteiger partial charge on any atom is 0.123 e. The summed E-state index contributed by atoms with van der Waals surface area (Å²) in [6.45, 7) is 9.83. The molecule has 0 saturated heterocycles. The molecule has 18 heavy (non-hydrogen) atoms. The van der Waals surface area contributed by atoms with Gasteiger partial charge in [0.25, 0.3) is 0 Å². The molecule has 0 bridgehead atoms. The van der Waals surface area contributed by atoms with Crippen LogP contribution >= 0.6 is 0 Å². The minimum absolute atomic E-state index is 0.211. The van der Waals surface area contributed by atoms with Crippen LogP contribution in [0.25, 0.3) is 0 Å². The van der Waals surface area contributed by atoms with Crippen molar-refractivity contribution in [1.82, 2.24) is 5.32 Å². The lowest BCUT2D eigenvalue weighted by Gasteiger charge is -2.27. The smallest absolute Gasteiger partial charge is 0.123 e. The second kappa shape index (κ2) is 5.31. The van der Waals surface area contributed by atoms with Gasteiger partial charge >= 0.3 is 0 Å². The Morgan fingerprint density at radius 2 is 2.17 bits per heavy atom. The summed E-state index contributed by atoms with van der Waals surface area (Å²) >= 11 is 0. The highest BCUT2D eigenvalue weighted by molar-refractivity contribution is 5.40. The van der Waals surface area contributed by atoms with Crippen LogP contribution < -0.4 is 10.1 Å². The SMILES string of the molecule is CCCC(C)(C)NCC1Cc2cc(C)ccc2O1. The van der Waals surface area contributed by atoms with Crippen LogP contribution in [-0.2, 0) is 6.42 Å². The Hall–Kier alpha value is -1.02. The lowest BCUT2D eigenvalue weighted by Crippen LogP contribution is -2.44. The zero-order valence-electron chi connectivity index (χ0n) is 12.0. The highest BCUT2D eigenvalue weighted by Gasteiger charge is 2.25. The molecule has 1 aliphatic heterocycles. The molecule has 1 heterocycles. The monoisotopic (exact) mass is 247 g/mol. The van der Waals surface area contributed by atoms with Crippen molar-refractivity contribution in [3.63, 3.8) is 0 Å². The summed E-state index contributed by atoms with van der Waals surface area (Å²) in [6.07, 6.45) is 3.74. The number of hydrogen-bond acceptors (Lipinski definition) is 2. The van der Waals surface area contributed by atoms with E-state index in [9.17, 15) is 0 Å². The molecule has 0 amide bonds. The van der Waals surface area contributed by atoms with Gasteiger partial charge in [-0.1, -0.05) is 31.0 Å². The molecule has 1 unspecified atom stereocenters. The average Bonchev–Trinajstić information content (AvgIpc) is 2.68. The van der Waals surface area contributed by atoms with E-state index in [4.69, 9.17) is 4.74 Å². The van der Waals surface area contributed by atoms with Crippen LogP contribution in [0, 0.1) is 6.92 Å². The zero-order valence-corrected chi connectivity index (χ0v) is 12.0. The first-order valence-electron chi connectivity index (χ1n) is 7.01. The molecule has 0 aliphatic carbocycles. The molecule has 1 aliphatic rings. The van der Waals surface area contributed by atoms with Gasteiger partial charge in [-0.2, -0.15) is 0 Å². The van der Waals surface area contributed by atoms with Gasteiger partial charge in [0.05, 0.1) is 0 Å². The fraction of sp³-hybridized carbons (Fsp3) is 0.625. The van der Waals surface area contributed by atoms with E-state index < -0.39 is 0 Å². The van der Waals surface area contributed by atoms with E-state index in [2.05, 4.69) is 51.2 Å². The van der Waals surface area contributed by atoms with E-state index in [0.29, 0.717) is 0 Å². The van der Waals surface area contributed by atoms with E-state index >= 15 is 0 Å². The van der Waals surface area contributed by atoms with Crippen LogP contribution in [-0.4, -0.2) is 18.2 Å². The highest BCUT2D eigenvalue weighted by Crippen LogP contribution is 2.29. The third-order valence-corrected chi connectivity index (χ3v) is 3.64. The van der Waals surface area contributed by atoms with Crippen molar-refractivity contribution < 1.29 is 4.74 Å². The minimum atomic E-state index is 0.211.